The van der Waals surface area contributed by atoms with Crippen molar-refractivity contribution in [2.75, 3.05) is 23.8 Å². The maximum absolute atomic E-state index is 12.3. The van der Waals surface area contributed by atoms with E-state index in [0.29, 0.717) is 5.92 Å². The van der Waals surface area contributed by atoms with Gasteiger partial charge in [0.2, 0.25) is 5.91 Å². The Bertz CT molecular complexity index is 593. The summed E-state index contributed by atoms with van der Waals surface area (Å²) in [4.78, 5) is 13.9. The molecule has 3 nitrogen and oxygen atoms in total. The molecule has 2 aromatic carbocycles. The van der Waals surface area contributed by atoms with Crippen molar-refractivity contribution in [3.05, 3.63) is 60.2 Å². The molecule has 21 heavy (non-hydrogen) atoms. The number of hydrogen-bond acceptors (Lipinski definition) is 2. The lowest BCUT2D eigenvalue weighted by molar-refractivity contribution is -0.116. The second kappa shape index (κ2) is 6.93. The largest absolute Gasteiger partial charge is 0.376 e. The molecule has 0 aromatic heterocycles. The topological polar surface area (TPSA) is 32.3 Å². The molecule has 0 spiro atoms. The van der Waals surface area contributed by atoms with Crippen LogP contribution in [0.5, 0.6) is 0 Å². The minimum absolute atomic E-state index is 0.0414. The third kappa shape index (κ3) is 3.85. The molecule has 0 aliphatic rings. The summed E-state index contributed by atoms with van der Waals surface area (Å²) in [5, 5.41) is 3.25. The van der Waals surface area contributed by atoms with Gasteiger partial charge < -0.3 is 10.2 Å². The summed E-state index contributed by atoms with van der Waals surface area (Å²) in [6.07, 6.45) is 0. The van der Waals surface area contributed by atoms with Gasteiger partial charge in [0, 0.05) is 18.4 Å². The third-order valence-corrected chi connectivity index (χ3v) is 3.53. The van der Waals surface area contributed by atoms with Crippen LogP contribution in [0.25, 0.3) is 0 Å². The first-order chi connectivity index (χ1) is 10.1. The molecule has 0 atom stereocenters. The maximum Gasteiger partial charge on any atom is 0.246 e. The van der Waals surface area contributed by atoms with Crippen molar-refractivity contribution in [3.8, 4) is 0 Å². The van der Waals surface area contributed by atoms with Gasteiger partial charge in [-0.25, -0.2) is 0 Å². The Morgan fingerprint density at radius 2 is 1.67 bits per heavy atom. The molecule has 0 heterocycles. The summed E-state index contributed by atoms with van der Waals surface area (Å²) in [6.45, 7) is 4.59. The number of anilines is 2. The molecule has 1 N–H and O–H groups in total. The average Bonchev–Trinajstić information content (AvgIpc) is 2.52. The minimum Gasteiger partial charge on any atom is -0.376 e. The number of benzene rings is 2. The lowest BCUT2D eigenvalue weighted by Crippen LogP contribution is -2.32. The molecule has 2 aromatic rings. The van der Waals surface area contributed by atoms with Gasteiger partial charge in [-0.3, -0.25) is 4.79 Å². The number of nitrogens with one attached hydrogen (secondary N) is 1. The molecule has 110 valence electrons. The summed E-state index contributed by atoms with van der Waals surface area (Å²) in [5.41, 5.74) is 3.16. The van der Waals surface area contributed by atoms with E-state index in [2.05, 4.69) is 25.2 Å². The molecule has 0 aliphatic heterocycles. The Labute approximate surface area is 126 Å². The Balaban J connectivity index is 2.02. The molecule has 1 amide bonds. The first kappa shape index (κ1) is 15.1. The lowest BCUT2D eigenvalue weighted by Gasteiger charge is -2.19. The van der Waals surface area contributed by atoms with Crippen LogP contribution in [0.1, 0.15) is 25.3 Å². The van der Waals surface area contributed by atoms with E-state index in [1.807, 2.05) is 48.5 Å². The molecule has 0 radical (unpaired) electrons. The zero-order chi connectivity index (χ0) is 15.2. The molecule has 0 saturated carbocycles. The smallest absolute Gasteiger partial charge is 0.246 e. The highest BCUT2D eigenvalue weighted by molar-refractivity contribution is 5.95. The van der Waals surface area contributed by atoms with Gasteiger partial charge in [0.1, 0.15) is 0 Å². The van der Waals surface area contributed by atoms with E-state index in [9.17, 15) is 4.79 Å². The summed E-state index contributed by atoms with van der Waals surface area (Å²) < 4.78 is 0. The van der Waals surface area contributed by atoms with Gasteiger partial charge in [-0.15, -0.1) is 0 Å². The van der Waals surface area contributed by atoms with E-state index in [0.717, 1.165) is 11.4 Å². The van der Waals surface area contributed by atoms with Gasteiger partial charge in [0.05, 0.1) is 6.54 Å². The lowest BCUT2D eigenvalue weighted by atomic mass is 10.0. The summed E-state index contributed by atoms with van der Waals surface area (Å²) in [7, 11) is 1.80. The predicted molar refractivity (Wildman–Crippen MR) is 88.9 cm³/mol. The zero-order valence-corrected chi connectivity index (χ0v) is 12.8. The number of rotatable bonds is 5. The van der Waals surface area contributed by atoms with Gasteiger partial charge >= 0.3 is 0 Å². The number of carbonyl (C=O) groups excluding carboxylic acids is 1. The first-order valence-corrected chi connectivity index (χ1v) is 7.24. The number of hydrogen-bond donors (Lipinski definition) is 1. The van der Waals surface area contributed by atoms with Crippen molar-refractivity contribution in [3.63, 3.8) is 0 Å². The summed E-state index contributed by atoms with van der Waals surface area (Å²) in [5.74, 6) is 0.468. The van der Waals surface area contributed by atoms with Crippen molar-refractivity contribution in [1.82, 2.24) is 0 Å². The van der Waals surface area contributed by atoms with Crippen LogP contribution in [0.3, 0.4) is 0 Å². The van der Waals surface area contributed by atoms with E-state index in [-0.39, 0.29) is 12.5 Å². The van der Waals surface area contributed by atoms with E-state index in [1.54, 1.807) is 11.9 Å². The van der Waals surface area contributed by atoms with E-state index >= 15 is 0 Å². The van der Waals surface area contributed by atoms with Crippen molar-refractivity contribution < 1.29 is 4.79 Å². The maximum atomic E-state index is 12.3. The number of para-hydroxylation sites is 2. The molecular formula is C18H22N2O. The van der Waals surface area contributed by atoms with E-state index < -0.39 is 0 Å². The molecule has 0 bridgehead atoms. The zero-order valence-electron chi connectivity index (χ0n) is 12.8. The second-order valence-corrected chi connectivity index (χ2v) is 5.38. The van der Waals surface area contributed by atoms with Crippen molar-refractivity contribution in [2.45, 2.75) is 19.8 Å². The monoisotopic (exact) mass is 282 g/mol. The molecule has 0 aliphatic carbocycles. The second-order valence-electron chi connectivity index (χ2n) is 5.38. The number of likely N-dealkylation sites (N-methyl/N-ethyl adjacent to an activating group) is 1. The van der Waals surface area contributed by atoms with Gasteiger partial charge in [0.25, 0.3) is 0 Å². The van der Waals surface area contributed by atoms with Crippen LogP contribution < -0.4 is 10.2 Å². The highest BCUT2D eigenvalue weighted by Gasteiger charge is 2.11. The highest BCUT2D eigenvalue weighted by atomic mass is 16.2. The summed E-state index contributed by atoms with van der Waals surface area (Å²) >= 11 is 0. The van der Waals surface area contributed by atoms with E-state index in [1.165, 1.54) is 5.56 Å². The van der Waals surface area contributed by atoms with Gasteiger partial charge in [-0.05, 0) is 29.7 Å². The van der Waals surface area contributed by atoms with Crippen LogP contribution in [0.4, 0.5) is 11.4 Å². The van der Waals surface area contributed by atoms with Crippen molar-refractivity contribution in [2.24, 2.45) is 0 Å². The van der Waals surface area contributed by atoms with Gasteiger partial charge in [-0.2, -0.15) is 0 Å². The third-order valence-electron chi connectivity index (χ3n) is 3.53. The Morgan fingerprint density at radius 3 is 2.33 bits per heavy atom. The predicted octanol–water partition coefficient (Wildman–Crippen LogP) is 3.88. The molecule has 0 fully saturated rings. The fourth-order valence-electron chi connectivity index (χ4n) is 2.25. The van der Waals surface area contributed by atoms with Gasteiger partial charge in [0.15, 0.2) is 0 Å². The van der Waals surface area contributed by atoms with Gasteiger partial charge in [-0.1, -0.05) is 50.2 Å². The Hall–Kier alpha value is -2.29. The number of nitrogens with zero attached hydrogens (tertiary/aromatic N) is 1. The Kier molecular flexibility index (Phi) is 4.99. The average molecular weight is 282 g/mol. The number of carbonyl (C=O) groups is 1. The first-order valence-electron chi connectivity index (χ1n) is 7.24. The minimum atomic E-state index is 0.0414. The quantitative estimate of drug-likeness (QED) is 0.902. The highest BCUT2D eigenvalue weighted by Crippen LogP contribution is 2.23. The summed E-state index contributed by atoms with van der Waals surface area (Å²) in [6, 6.07) is 17.8. The molecule has 2 rings (SSSR count). The molecule has 0 saturated heterocycles. The van der Waals surface area contributed by atoms with Crippen LogP contribution in [0, 0.1) is 0 Å². The SMILES string of the molecule is CC(C)c1ccccc1NCC(=O)N(C)c1ccccc1. The fraction of sp³-hybridized carbons (Fsp3) is 0.278. The van der Waals surface area contributed by atoms with E-state index in [4.69, 9.17) is 0 Å². The standard InChI is InChI=1S/C18H22N2O/c1-14(2)16-11-7-8-12-17(16)19-13-18(21)20(3)15-9-5-4-6-10-15/h4-12,14,19H,13H2,1-3H3. The normalized spacial score (nSPS) is 10.5. The van der Waals surface area contributed by atoms with Crippen LogP contribution in [-0.4, -0.2) is 19.5 Å². The van der Waals surface area contributed by atoms with Crippen LogP contribution >= 0.6 is 0 Å². The van der Waals surface area contributed by atoms with Crippen molar-refractivity contribution in [1.29, 1.82) is 0 Å². The van der Waals surface area contributed by atoms with Crippen LogP contribution in [0.2, 0.25) is 0 Å². The Morgan fingerprint density at radius 1 is 1.05 bits per heavy atom. The van der Waals surface area contributed by atoms with Crippen LogP contribution in [0.15, 0.2) is 54.6 Å². The number of amides is 1. The molecule has 3 heteroatoms. The fourth-order valence-corrected chi connectivity index (χ4v) is 2.25. The molecular weight excluding hydrogens is 260 g/mol. The van der Waals surface area contributed by atoms with Crippen molar-refractivity contribution >= 4 is 17.3 Å². The molecule has 0 unspecified atom stereocenters. The van der Waals surface area contributed by atoms with Crippen LogP contribution in [-0.2, 0) is 4.79 Å².